The fraction of sp³-hybridized carbons (Fsp3) is 0.200. The summed E-state index contributed by atoms with van der Waals surface area (Å²) < 4.78 is 11.7. The van der Waals surface area contributed by atoms with Gasteiger partial charge >= 0.3 is 6.03 Å². The highest BCUT2D eigenvalue weighted by Gasteiger charge is 2.03. The molecule has 0 radical (unpaired) electrons. The minimum absolute atomic E-state index is 0.391. The van der Waals surface area contributed by atoms with Gasteiger partial charge in [-0.3, -0.25) is 0 Å². The molecule has 0 aliphatic heterocycles. The Labute approximate surface area is 182 Å². The molecular weight excluding hydrogens is 390 g/mol. The van der Waals surface area contributed by atoms with E-state index in [1.165, 1.54) is 11.1 Å². The van der Waals surface area contributed by atoms with E-state index in [0.717, 1.165) is 17.7 Å². The maximum absolute atomic E-state index is 11.9. The molecule has 0 unspecified atom stereocenters. The number of nitrogens with one attached hydrogen (secondary N) is 2. The van der Waals surface area contributed by atoms with Gasteiger partial charge < -0.3 is 14.8 Å². The van der Waals surface area contributed by atoms with Crippen molar-refractivity contribution in [1.82, 2.24) is 5.43 Å². The van der Waals surface area contributed by atoms with Crippen LogP contribution in [0.1, 0.15) is 23.6 Å². The lowest BCUT2D eigenvalue weighted by molar-refractivity contribution is 0.217. The van der Waals surface area contributed by atoms with Gasteiger partial charge in [-0.1, -0.05) is 43.3 Å². The normalized spacial score (nSPS) is 10.6. The molecule has 0 saturated heterocycles. The Balaban J connectivity index is 1.49. The predicted octanol–water partition coefficient (Wildman–Crippen LogP) is 5.17. The van der Waals surface area contributed by atoms with E-state index < -0.39 is 6.03 Å². The average Bonchev–Trinajstić information content (AvgIpc) is 2.78. The van der Waals surface area contributed by atoms with Gasteiger partial charge in [0.1, 0.15) is 24.7 Å². The molecule has 3 aromatic rings. The third-order valence-electron chi connectivity index (χ3n) is 4.45. The zero-order chi connectivity index (χ0) is 21.9. The maximum Gasteiger partial charge on any atom is 0.339 e. The van der Waals surface area contributed by atoms with Crippen molar-refractivity contribution in [3.8, 4) is 11.5 Å². The number of urea groups is 1. The number of rotatable bonds is 9. The zero-order valence-corrected chi connectivity index (χ0v) is 17.8. The summed E-state index contributed by atoms with van der Waals surface area (Å²) in [5.41, 5.74) is 6.33. The Morgan fingerprint density at radius 2 is 1.71 bits per heavy atom. The summed E-state index contributed by atoms with van der Waals surface area (Å²) in [6.07, 6.45) is 2.52. The van der Waals surface area contributed by atoms with Crippen LogP contribution in [0, 0.1) is 6.92 Å². The van der Waals surface area contributed by atoms with Crippen LogP contribution < -0.4 is 20.2 Å². The number of carbonyl (C=O) groups is 1. The van der Waals surface area contributed by atoms with Gasteiger partial charge in [-0.25, -0.2) is 10.2 Å². The van der Waals surface area contributed by atoms with E-state index in [4.69, 9.17) is 9.47 Å². The first-order valence-electron chi connectivity index (χ1n) is 10.2. The molecule has 2 amide bonds. The minimum Gasteiger partial charge on any atom is -0.490 e. The van der Waals surface area contributed by atoms with Crippen LogP contribution in [0.15, 0.2) is 77.9 Å². The van der Waals surface area contributed by atoms with E-state index in [2.05, 4.69) is 41.8 Å². The number of hydrogen-bond acceptors (Lipinski definition) is 4. The molecule has 0 bridgehead atoms. The topological polar surface area (TPSA) is 72.0 Å². The van der Waals surface area contributed by atoms with Gasteiger partial charge in [-0.05, 0) is 60.9 Å². The van der Waals surface area contributed by atoms with Gasteiger partial charge in [0.05, 0.1) is 6.21 Å². The molecule has 2 N–H and O–H groups in total. The highest BCUT2D eigenvalue weighted by Crippen LogP contribution is 2.18. The Bertz CT molecular complexity index is 1020. The lowest BCUT2D eigenvalue weighted by Gasteiger charge is -2.11. The van der Waals surface area contributed by atoms with Crippen LogP contribution in [0.3, 0.4) is 0 Å². The van der Waals surface area contributed by atoms with Crippen molar-refractivity contribution in [2.45, 2.75) is 20.3 Å². The van der Waals surface area contributed by atoms with E-state index in [0.29, 0.717) is 24.7 Å². The molecule has 31 heavy (non-hydrogen) atoms. The Morgan fingerprint density at radius 3 is 2.52 bits per heavy atom. The predicted molar refractivity (Wildman–Crippen MR) is 124 cm³/mol. The number of anilines is 1. The molecule has 0 aromatic heterocycles. The summed E-state index contributed by atoms with van der Waals surface area (Å²) in [6.45, 7) is 5.00. The lowest BCUT2D eigenvalue weighted by atomic mass is 10.1. The van der Waals surface area contributed by atoms with Crippen molar-refractivity contribution < 1.29 is 14.3 Å². The SMILES string of the molecule is CCc1cc(C)cc(OCCOc2ccccc2C=NNC(=O)Nc2ccccc2)c1. The van der Waals surface area contributed by atoms with Crippen molar-refractivity contribution in [2.24, 2.45) is 5.10 Å². The fourth-order valence-electron chi connectivity index (χ4n) is 2.98. The molecule has 6 nitrogen and oxygen atoms in total. The summed E-state index contributed by atoms with van der Waals surface area (Å²) in [5.74, 6) is 1.52. The molecule has 3 rings (SSSR count). The molecule has 0 saturated carbocycles. The van der Waals surface area contributed by atoms with E-state index in [1.54, 1.807) is 18.3 Å². The van der Waals surface area contributed by atoms with Crippen molar-refractivity contribution in [3.05, 3.63) is 89.5 Å². The number of hydrazone groups is 1. The Morgan fingerprint density at radius 1 is 0.968 bits per heavy atom. The molecule has 0 aliphatic carbocycles. The van der Waals surface area contributed by atoms with Gasteiger partial charge in [-0.15, -0.1) is 0 Å². The molecule has 0 fully saturated rings. The number of para-hydroxylation sites is 2. The Hall–Kier alpha value is -3.80. The number of carbonyl (C=O) groups excluding carboxylic acids is 1. The molecule has 0 atom stereocenters. The monoisotopic (exact) mass is 417 g/mol. The summed E-state index contributed by atoms with van der Waals surface area (Å²) in [7, 11) is 0. The van der Waals surface area contributed by atoms with Crippen LogP contribution in [0.2, 0.25) is 0 Å². The van der Waals surface area contributed by atoms with Crippen molar-refractivity contribution in [2.75, 3.05) is 18.5 Å². The highest BCUT2D eigenvalue weighted by atomic mass is 16.5. The van der Waals surface area contributed by atoms with Crippen molar-refractivity contribution >= 4 is 17.9 Å². The summed E-state index contributed by atoms with van der Waals surface area (Å²) in [4.78, 5) is 11.9. The molecule has 160 valence electrons. The van der Waals surface area contributed by atoms with Crippen molar-refractivity contribution in [1.29, 1.82) is 0 Å². The smallest absolute Gasteiger partial charge is 0.339 e. The highest BCUT2D eigenvalue weighted by molar-refractivity contribution is 5.90. The number of amides is 2. The van der Waals surface area contributed by atoms with Crippen LogP contribution in [0.5, 0.6) is 11.5 Å². The Kier molecular flexibility index (Phi) is 8.05. The second-order valence-corrected chi connectivity index (χ2v) is 6.93. The standard InChI is InChI=1S/C25H27N3O3/c1-3-20-15-19(2)16-23(17-20)30-13-14-31-24-12-8-7-9-21(24)18-26-28-25(29)27-22-10-5-4-6-11-22/h4-12,15-18H,3,13-14H2,1-2H3,(H2,27,28,29). The van der Waals surface area contributed by atoms with Gasteiger partial charge in [0.2, 0.25) is 0 Å². The number of aryl methyl sites for hydroxylation is 2. The first-order chi connectivity index (χ1) is 15.1. The van der Waals surface area contributed by atoms with E-state index in [9.17, 15) is 4.79 Å². The third-order valence-corrected chi connectivity index (χ3v) is 4.45. The lowest BCUT2D eigenvalue weighted by Crippen LogP contribution is -2.24. The molecule has 3 aromatic carbocycles. The average molecular weight is 418 g/mol. The first kappa shape index (κ1) is 21.9. The minimum atomic E-state index is -0.418. The molecule has 6 heteroatoms. The van der Waals surface area contributed by atoms with Crippen LogP contribution in [0.25, 0.3) is 0 Å². The summed E-state index contributed by atoms with van der Waals surface area (Å²) in [6, 6.07) is 22.5. The van der Waals surface area contributed by atoms with E-state index in [1.807, 2.05) is 48.5 Å². The molecule has 0 aliphatic rings. The molecule has 0 spiro atoms. The zero-order valence-electron chi connectivity index (χ0n) is 17.8. The van der Waals surface area contributed by atoms with Crippen LogP contribution in [0.4, 0.5) is 10.5 Å². The quantitative estimate of drug-likeness (QED) is 0.287. The maximum atomic E-state index is 11.9. The van der Waals surface area contributed by atoms with Crippen LogP contribution in [-0.2, 0) is 6.42 Å². The third kappa shape index (κ3) is 7.19. The summed E-state index contributed by atoms with van der Waals surface area (Å²) >= 11 is 0. The van der Waals surface area contributed by atoms with Gasteiger partial charge in [0.15, 0.2) is 0 Å². The van der Waals surface area contributed by atoms with Crippen LogP contribution in [-0.4, -0.2) is 25.5 Å². The van der Waals surface area contributed by atoms with Crippen LogP contribution >= 0.6 is 0 Å². The number of nitrogens with zero attached hydrogens (tertiary/aromatic N) is 1. The van der Waals surface area contributed by atoms with Gasteiger partial charge in [0.25, 0.3) is 0 Å². The number of ether oxygens (including phenoxy) is 2. The van der Waals surface area contributed by atoms with E-state index in [-0.39, 0.29) is 0 Å². The van der Waals surface area contributed by atoms with Gasteiger partial charge in [-0.2, -0.15) is 5.10 Å². The molecule has 0 heterocycles. The fourth-order valence-corrected chi connectivity index (χ4v) is 2.98. The number of benzene rings is 3. The van der Waals surface area contributed by atoms with Crippen molar-refractivity contribution in [3.63, 3.8) is 0 Å². The van der Waals surface area contributed by atoms with E-state index >= 15 is 0 Å². The number of hydrogen-bond donors (Lipinski definition) is 2. The summed E-state index contributed by atoms with van der Waals surface area (Å²) in [5, 5.41) is 6.71. The largest absolute Gasteiger partial charge is 0.490 e. The van der Waals surface area contributed by atoms with Gasteiger partial charge in [0, 0.05) is 11.3 Å². The molecular formula is C25H27N3O3. The second kappa shape index (κ2) is 11.4. The second-order valence-electron chi connectivity index (χ2n) is 6.93. The first-order valence-corrected chi connectivity index (χ1v) is 10.2.